The third kappa shape index (κ3) is 4.12. The Morgan fingerprint density at radius 1 is 1.50 bits per heavy atom. The Hall–Kier alpha value is -0.580. The molecule has 1 aromatic heterocycles. The molecule has 1 N–H and O–H groups in total. The van der Waals surface area contributed by atoms with Gasteiger partial charge >= 0.3 is 0 Å². The number of likely N-dealkylation sites (N-methyl/N-ethyl adjacent to an activating group) is 2. The van der Waals surface area contributed by atoms with E-state index in [1.807, 2.05) is 30.9 Å². The van der Waals surface area contributed by atoms with Crippen molar-refractivity contribution in [2.24, 2.45) is 0 Å². The summed E-state index contributed by atoms with van der Waals surface area (Å²) in [5.74, 6) is 0.133. The van der Waals surface area contributed by atoms with Gasteiger partial charge in [0.2, 0.25) is 5.91 Å². The number of thiophene rings is 1. The number of carbonyl (C=O) groups excluding carboxylic acids is 1. The third-order valence-electron chi connectivity index (χ3n) is 2.24. The van der Waals surface area contributed by atoms with Crippen LogP contribution >= 0.6 is 22.9 Å². The highest BCUT2D eigenvalue weighted by atomic mass is 35.5. The van der Waals surface area contributed by atoms with Gasteiger partial charge in [-0.1, -0.05) is 18.5 Å². The Balaban J connectivity index is 2.51. The molecule has 0 aromatic carbocycles. The van der Waals surface area contributed by atoms with Crippen molar-refractivity contribution in [3.8, 4) is 0 Å². The molecule has 90 valence electrons. The molecule has 0 bridgehead atoms. The van der Waals surface area contributed by atoms with E-state index < -0.39 is 0 Å². The largest absolute Gasteiger partial charge is 0.337 e. The highest BCUT2D eigenvalue weighted by molar-refractivity contribution is 7.16. The van der Waals surface area contributed by atoms with Crippen molar-refractivity contribution in [3.05, 3.63) is 21.3 Å². The molecule has 5 heteroatoms. The highest BCUT2D eigenvalue weighted by Gasteiger charge is 2.12. The number of hydrogen-bond donors (Lipinski definition) is 1. The van der Waals surface area contributed by atoms with Crippen molar-refractivity contribution in [3.63, 3.8) is 0 Å². The van der Waals surface area contributed by atoms with Gasteiger partial charge in [0.1, 0.15) is 0 Å². The molecule has 1 amide bonds. The minimum Gasteiger partial charge on any atom is -0.337 e. The Bertz CT molecular complexity index is 340. The lowest BCUT2D eigenvalue weighted by molar-refractivity contribution is -0.130. The van der Waals surface area contributed by atoms with E-state index in [-0.39, 0.29) is 5.91 Å². The van der Waals surface area contributed by atoms with Crippen LogP contribution in [0.25, 0.3) is 0 Å². The van der Waals surface area contributed by atoms with Gasteiger partial charge in [-0.05, 0) is 25.6 Å². The van der Waals surface area contributed by atoms with Crippen molar-refractivity contribution in [1.29, 1.82) is 0 Å². The van der Waals surface area contributed by atoms with Crippen LogP contribution in [0.15, 0.2) is 12.1 Å². The minimum absolute atomic E-state index is 0.133. The summed E-state index contributed by atoms with van der Waals surface area (Å²) in [5.41, 5.74) is 0. The number of amides is 1. The summed E-state index contributed by atoms with van der Waals surface area (Å²) in [5, 5.41) is 3.04. The van der Waals surface area contributed by atoms with Gasteiger partial charge in [0, 0.05) is 11.4 Å². The number of nitrogens with one attached hydrogen (secondary N) is 1. The lowest BCUT2D eigenvalue weighted by Crippen LogP contribution is -2.37. The van der Waals surface area contributed by atoms with Crippen LogP contribution in [0.4, 0.5) is 0 Å². The Kier molecular flexibility index (Phi) is 5.80. The van der Waals surface area contributed by atoms with Crippen molar-refractivity contribution < 1.29 is 4.79 Å². The van der Waals surface area contributed by atoms with Gasteiger partial charge in [-0.2, -0.15) is 0 Å². The Morgan fingerprint density at radius 2 is 2.25 bits per heavy atom. The second kappa shape index (κ2) is 6.89. The predicted octanol–water partition coefficient (Wildman–Crippen LogP) is 2.36. The second-order valence-electron chi connectivity index (χ2n) is 3.39. The topological polar surface area (TPSA) is 32.3 Å². The maximum Gasteiger partial charge on any atom is 0.236 e. The van der Waals surface area contributed by atoms with Crippen LogP contribution in [0, 0.1) is 0 Å². The molecule has 0 radical (unpaired) electrons. The molecule has 0 saturated carbocycles. The molecular weight excluding hydrogens is 244 g/mol. The second-order valence-corrected chi connectivity index (χ2v) is 5.19. The van der Waals surface area contributed by atoms with Crippen LogP contribution in [0.5, 0.6) is 0 Å². The van der Waals surface area contributed by atoms with Crippen LogP contribution < -0.4 is 5.32 Å². The lowest BCUT2D eigenvalue weighted by atomic mass is 10.4. The predicted molar refractivity (Wildman–Crippen MR) is 69.0 cm³/mol. The van der Waals surface area contributed by atoms with Crippen LogP contribution in [0.2, 0.25) is 4.34 Å². The summed E-state index contributed by atoms with van der Waals surface area (Å²) >= 11 is 7.38. The number of rotatable bonds is 6. The summed E-state index contributed by atoms with van der Waals surface area (Å²) in [4.78, 5) is 14.7. The first-order valence-corrected chi connectivity index (χ1v) is 6.59. The first-order valence-electron chi connectivity index (χ1n) is 5.40. The van der Waals surface area contributed by atoms with E-state index in [1.54, 1.807) is 0 Å². The molecule has 0 aliphatic rings. The van der Waals surface area contributed by atoms with Crippen molar-refractivity contribution in [1.82, 2.24) is 10.2 Å². The Labute approximate surface area is 105 Å². The lowest BCUT2D eigenvalue weighted by Gasteiger charge is -2.20. The fraction of sp³-hybridized carbons (Fsp3) is 0.545. The molecule has 1 aromatic rings. The minimum atomic E-state index is 0.133. The molecule has 0 atom stereocenters. The molecule has 0 spiro atoms. The molecule has 0 aliphatic carbocycles. The molecule has 0 unspecified atom stereocenters. The molecular formula is C11H17ClN2OS. The van der Waals surface area contributed by atoms with Gasteiger partial charge in [-0.15, -0.1) is 11.3 Å². The standard InChI is InChI=1S/C11H17ClN2OS/c1-3-13-7-11(15)14(4-2)8-9-5-6-10(12)16-9/h5-6,13H,3-4,7-8H2,1-2H3. The SMILES string of the molecule is CCNCC(=O)N(CC)Cc1ccc(Cl)s1. The molecule has 1 rings (SSSR count). The van der Waals surface area contributed by atoms with Crippen LogP contribution in [0.3, 0.4) is 0 Å². The first-order chi connectivity index (χ1) is 7.67. The van der Waals surface area contributed by atoms with Gasteiger partial charge in [0.05, 0.1) is 17.4 Å². The van der Waals surface area contributed by atoms with Crippen LogP contribution in [0.1, 0.15) is 18.7 Å². The van der Waals surface area contributed by atoms with Gasteiger partial charge in [-0.25, -0.2) is 0 Å². The molecule has 0 saturated heterocycles. The van der Waals surface area contributed by atoms with Crippen LogP contribution in [-0.2, 0) is 11.3 Å². The molecule has 0 fully saturated rings. The average molecular weight is 261 g/mol. The van der Waals surface area contributed by atoms with Gasteiger partial charge < -0.3 is 10.2 Å². The number of hydrogen-bond acceptors (Lipinski definition) is 3. The highest BCUT2D eigenvalue weighted by Crippen LogP contribution is 2.22. The zero-order valence-corrected chi connectivity index (χ0v) is 11.2. The molecule has 1 heterocycles. The summed E-state index contributed by atoms with van der Waals surface area (Å²) < 4.78 is 0.769. The monoisotopic (exact) mass is 260 g/mol. The number of carbonyl (C=O) groups is 1. The van der Waals surface area contributed by atoms with E-state index in [0.29, 0.717) is 13.1 Å². The summed E-state index contributed by atoms with van der Waals surface area (Å²) in [6, 6.07) is 3.83. The quantitative estimate of drug-likeness (QED) is 0.852. The average Bonchev–Trinajstić information content (AvgIpc) is 2.68. The van der Waals surface area contributed by atoms with E-state index in [4.69, 9.17) is 11.6 Å². The van der Waals surface area contributed by atoms with E-state index in [0.717, 1.165) is 22.3 Å². The fourth-order valence-electron chi connectivity index (χ4n) is 1.34. The van der Waals surface area contributed by atoms with Gasteiger partial charge in [0.25, 0.3) is 0 Å². The zero-order valence-electron chi connectivity index (χ0n) is 9.62. The van der Waals surface area contributed by atoms with Gasteiger partial charge in [-0.3, -0.25) is 4.79 Å². The molecule has 3 nitrogen and oxygen atoms in total. The smallest absolute Gasteiger partial charge is 0.236 e. The normalized spacial score (nSPS) is 10.4. The fourth-order valence-corrected chi connectivity index (χ4v) is 2.45. The van der Waals surface area contributed by atoms with E-state index in [2.05, 4.69) is 5.32 Å². The van der Waals surface area contributed by atoms with E-state index in [1.165, 1.54) is 11.3 Å². The Morgan fingerprint density at radius 3 is 2.75 bits per heavy atom. The number of halogens is 1. The summed E-state index contributed by atoms with van der Waals surface area (Å²) in [7, 11) is 0. The van der Waals surface area contributed by atoms with Crippen LogP contribution in [-0.4, -0.2) is 30.4 Å². The summed E-state index contributed by atoms with van der Waals surface area (Å²) in [6.45, 7) is 6.57. The van der Waals surface area contributed by atoms with Crippen molar-refractivity contribution in [2.45, 2.75) is 20.4 Å². The van der Waals surface area contributed by atoms with E-state index in [9.17, 15) is 4.79 Å². The van der Waals surface area contributed by atoms with E-state index >= 15 is 0 Å². The van der Waals surface area contributed by atoms with Crippen molar-refractivity contribution in [2.75, 3.05) is 19.6 Å². The third-order valence-corrected chi connectivity index (χ3v) is 3.45. The summed E-state index contributed by atoms with van der Waals surface area (Å²) in [6.07, 6.45) is 0. The number of nitrogens with zero attached hydrogens (tertiary/aromatic N) is 1. The zero-order chi connectivity index (χ0) is 12.0. The van der Waals surface area contributed by atoms with Gasteiger partial charge in [0.15, 0.2) is 0 Å². The maximum absolute atomic E-state index is 11.8. The molecule has 16 heavy (non-hydrogen) atoms. The molecule has 0 aliphatic heterocycles. The maximum atomic E-state index is 11.8. The van der Waals surface area contributed by atoms with Crippen molar-refractivity contribution >= 4 is 28.8 Å². The first kappa shape index (κ1) is 13.5.